The summed E-state index contributed by atoms with van der Waals surface area (Å²) in [6, 6.07) is 4.86. The fraction of sp³-hybridized carbons (Fsp3) is 0.517. The van der Waals surface area contributed by atoms with Crippen molar-refractivity contribution >= 4 is 53.0 Å². The number of esters is 1. The zero-order valence-electron chi connectivity index (χ0n) is 24.9. The molecule has 0 bridgehead atoms. The number of carbonyl (C=O) groups excluding carboxylic acids is 4. The summed E-state index contributed by atoms with van der Waals surface area (Å²) in [5, 5.41) is 16.7. The predicted molar refractivity (Wildman–Crippen MR) is 161 cm³/mol. The number of rotatable bonds is 12. The van der Waals surface area contributed by atoms with Gasteiger partial charge in [0.05, 0.1) is 23.3 Å². The van der Waals surface area contributed by atoms with Crippen LogP contribution in [0.15, 0.2) is 24.3 Å². The number of piperazine rings is 1. The van der Waals surface area contributed by atoms with Gasteiger partial charge in [-0.25, -0.2) is 9.59 Å². The van der Waals surface area contributed by atoms with Gasteiger partial charge in [0, 0.05) is 38.7 Å². The maximum absolute atomic E-state index is 13.6. The van der Waals surface area contributed by atoms with Crippen molar-refractivity contribution in [2.45, 2.75) is 57.6 Å². The Morgan fingerprint density at radius 3 is 2.18 bits per heavy atom. The maximum atomic E-state index is 13.6. The number of nitrogens with zero attached hydrogens (tertiary/aromatic N) is 4. The SMILES string of the molecule is CCOC(=O)N1CCN(C(=O)[C@H](CCC(=O)O)NC(=O)c2cc(OC3(C(=O)OCC)CCC3)n(-c3c(Cl)cccc3Cl)n2)CC1. The predicted octanol–water partition coefficient (Wildman–Crippen LogP) is 3.31. The topological polar surface area (TPSA) is 170 Å². The highest BCUT2D eigenvalue weighted by Gasteiger charge is 2.49. The Labute approximate surface area is 269 Å². The number of nitrogens with one attached hydrogen (secondary N) is 1. The molecule has 2 heterocycles. The maximum Gasteiger partial charge on any atom is 0.409 e. The number of aliphatic carboxylic acids is 1. The lowest BCUT2D eigenvalue weighted by Gasteiger charge is -2.38. The quantitative estimate of drug-likeness (QED) is 0.320. The molecule has 1 atom stereocenters. The minimum atomic E-state index is -1.29. The van der Waals surface area contributed by atoms with E-state index in [1.165, 1.54) is 20.5 Å². The van der Waals surface area contributed by atoms with Gasteiger partial charge in [0.15, 0.2) is 5.69 Å². The van der Waals surface area contributed by atoms with Crippen LogP contribution in [-0.4, -0.2) is 106 Å². The molecule has 0 spiro atoms. The van der Waals surface area contributed by atoms with Gasteiger partial charge >= 0.3 is 18.0 Å². The zero-order chi connectivity index (χ0) is 32.7. The minimum Gasteiger partial charge on any atom is -0.481 e. The molecular formula is C29H35Cl2N5O9. The molecule has 244 valence electrons. The van der Waals surface area contributed by atoms with Crippen LogP contribution in [0.1, 0.15) is 56.4 Å². The number of carboxylic acids is 1. The molecule has 2 aromatic rings. The summed E-state index contributed by atoms with van der Waals surface area (Å²) in [4.78, 5) is 66.2. The highest BCUT2D eigenvalue weighted by atomic mass is 35.5. The van der Waals surface area contributed by atoms with Gasteiger partial charge in [0.1, 0.15) is 11.7 Å². The highest BCUT2D eigenvalue weighted by Crippen LogP contribution is 2.40. The van der Waals surface area contributed by atoms with E-state index in [0.717, 1.165) is 0 Å². The number of amides is 3. The van der Waals surface area contributed by atoms with Gasteiger partial charge in [0.25, 0.3) is 5.91 Å². The third-order valence-electron chi connectivity index (χ3n) is 7.53. The summed E-state index contributed by atoms with van der Waals surface area (Å²) < 4.78 is 17.7. The van der Waals surface area contributed by atoms with Crippen molar-refractivity contribution in [3.8, 4) is 11.6 Å². The molecule has 1 saturated heterocycles. The largest absolute Gasteiger partial charge is 0.481 e. The second-order valence-electron chi connectivity index (χ2n) is 10.5. The molecule has 14 nitrogen and oxygen atoms in total. The number of hydrogen-bond acceptors (Lipinski definition) is 9. The fourth-order valence-electron chi connectivity index (χ4n) is 5.01. The molecule has 2 fully saturated rings. The van der Waals surface area contributed by atoms with Gasteiger partial charge < -0.3 is 34.4 Å². The monoisotopic (exact) mass is 667 g/mol. The van der Waals surface area contributed by atoms with E-state index in [1.807, 2.05) is 0 Å². The van der Waals surface area contributed by atoms with Gasteiger partial charge in [0.2, 0.25) is 17.4 Å². The lowest BCUT2D eigenvalue weighted by Crippen LogP contribution is -2.56. The average molecular weight is 669 g/mol. The summed E-state index contributed by atoms with van der Waals surface area (Å²) >= 11 is 12.9. The minimum absolute atomic E-state index is 0.00796. The molecule has 1 aliphatic heterocycles. The van der Waals surface area contributed by atoms with Crippen LogP contribution in [0.3, 0.4) is 0 Å². The lowest BCUT2D eigenvalue weighted by atomic mass is 9.80. The smallest absolute Gasteiger partial charge is 0.409 e. The van der Waals surface area contributed by atoms with E-state index in [-0.39, 0.29) is 79.5 Å². The summed E-state index contributed by atoms with van der Waals surface area (Å²) in [5.41, 5.74) is -1.29. The van der Waals surface area contributed by atoms with Crippen LogP contribution in [0.2, 0.25) is 10.0 Å². The van der Waals surface area contributed by atoms with Gasteiger partial charge in [-0.3, -0.25) is 14.4 Å². The second-order valence-corrected chi connectivity index (χ2v) is 11.3. The van der Waals surface area contributed by atoms with Gasteiger partial charge in [-0.05, 0) is 51.7 Å². The zero-order valence-corrected chi connectivity index (χ0v) is 26.4. The van der Waals surface area contributed by atoms with Crippen LogP contribution < -0.4 is 10.1 Å². The normalized spacial score (nSPS) is 16.3. The first kappa shape index (κ1) is 33.8. The molecule has 2 aliphatic rings. The fourth-order valence-corrected chi connectivity index (χ4v) is 5.57. The van der Waals surface area contributed by atoms with Crippen molar-refractivity contribution < 1.29 is 43.3 Å². The van der Waals surface area contributed by atoms with E-state index < -0.39 is 41.5 Å². The van der Waals surface area contributed by atoms with Gasteiger partial charge in [-0.15, -0.1) is 0 Å². The molecule has 1 saturated carbocycles. The number of para-hydroxylation sites is 1. The van der Waals surface area contributed by atoms with E-state index in [9.17, 15) is 29.1 Å². The first-order valence-electron chi connectivity index (χ1n) is 14.6. The Morgan fingerprint density at radius 2 is 1.62 bits per heavy atom. The molecule has 2 N–H and O–H groups in total. The molecule has 16 heteroatoms. The van der Waals surface area contributed by atoms with Crippen LogP contribution in [0.4, 0.5) is 4.79 Å². The van der Waals surface area contributed by atoms with Crippen molar-refractivity contribution in [3.63, 3.8) is 0 Å². The van der Waals surface area contributed by atoms with Crippen molar-refractivity contribution in [2.24, 2.45) is 0 Å². The van der Waals surface area contributed by atoms with E-state index in [2.05, 4.69) is 10.4 Å². The number of ether oxygens (including phenoxy) is 3. The Morgan fingerprint density at radius 1 is 1.00 bits per heavy atom. The number of carbonyl (C=O) groups is 5. The van der Waals surface area contributed by atoms with Crippen molar-refractivity contribution in [1.82, 2.24) is 24.9 Å². The van der Waals surface area contributed by atoms with Crippen molar-refractivity contribution in [1.29, 1.82) is 0 Å². The first-order chi connectivity index (χ1) is 21.5. The number of benzene rings is 1. The van der Waals surface area contributed by atoms with Gasteiger partial charge in [-0.1, -0.05) is 29.3 Å². The molecule has 4 rings (SSSR count). The van der Waals surface area contributed by atoms with Crippen LogP contribution in [0, 0.1) is 0 Å². The Bertz CT molecular complexity index is 1420. The summed E-state index contributed by atoms with van der Waals surface area (Å²) in [7, 11) is 0. The Kier molecular flexibility index (Phi) is 11.2. The van der Waals surface area contributed by atoms with Crippen molar-refractivity contribution in [2.75, 3.05) is 39.4 Å². The van der Waals surface area contributed by atoms with Crippen LogP contribution in [0.25, 0.3) is 5.69 Å². The molecule has 3 amide bonds. The van der Waals surface area contributed by atoms with Crippen LogP contribution in [0.5, 0.6) is 5.88 Å². The van der Waals surface area contributed by atoms with E-state index in [0.29, 0.717) is 19.3 Å². The standard InChI is InChI=1S/C29H35Cl2N5O9/c1-3-43-27(41)29(11-6-12-29)45-22-17-21(33-36(22)24-18(30)7-5-8-19(24)31)25(39)32-20(9-10-23(37)38)26(40)34-13-15-35(16-14-34)28(42)44-4-2/h5,7-8,17,20H,3-4,6,9-16H2,1-2H3,(H,32,39)(H,37,38)/t20-/m0/s1. The van der Waals surface area contributed by atoms with Crippen LogP contribution in [-0.2, 0) is 23.9 Å². The van der Waals surface area contributed by atoms with Crippen molar-refractivity contribution in [3.05, 3.63) is 40.0 Å². The van der Waals surface area contributed by atoms with Gasteiger partial charge in [-0.2, -0.15) is 9.78 Å². The average Bonchev–Trinajstić information content (AvgIpc) is 3.40. The summed E-state index contributed by atoms with van der Waals surface area (Å²) in [6.07, 6.45) is 0.408. The number of hydrogen-bond donors (Lipinski definition) is 2. The molecular weight excluding hydrogens is 633 g/mol. The Balaban J connectivity index is 1.60. The van der Waals surface area contributed by atoms with E-state index in [4.69, 9.17) is 37.4 Å². The number of halogens is 2. The molecule has 1 aliphatic carbocycles. The molecule has 0 radical (unpaired) electrons. The second kappa shape index (κ2) is 14.8. The highest BCUT2D eigenvalue weighted by molar-refractivity contribution is 6.37. The molecule has 0 unspecified atom stereocenters. The Hall–Kier alpha value is -4.04. The molecule has 1 aromatic heterocycles. The van der Waals surface area contributed by atoms with E-state index in [1.54, 1.807) is 32.0 Å². The molecule has 1 aromatic carbocycles. The van der Waals surface area contributed by atoms with E-state index >= 15 is 0 Å². The summed E-state index contributed by atoms with van der Waals surface area (Å²) in [5.74, 6) is -3.01. The number of aromatic nitrogens is 2. The lowest BCUT2D eigenvalue weighted by molar-refractivity contribution is -0.170. The summed E-state index contributed by atoms with van der Waals surface area (Å²) in [6.45, 7) is 4.53. The third-order valence-corrected chi connectivity index (χ3v) is 8.14. The molecule has 45 heavy (non-hydrogen) atoms. The third kappa shape index (κ3) is 7.79. The van der Waals surface area contributed by atoms with Crippen LogP contribution >= 0.6 is 23.2 Å². The first-order valence-corrected chi connectivity index (χ1v) is 15.4. The number of carboxylic acid groups (broad SMARTS) is 1.